The smallest absolute Gasteiger partial charge is 0.0498 e. The summed E-state index contributed by atoms with van der Waals surface area (Å²) in [6, 6.07) is 8.35. The summed E-state index contributed by atoms with van der Waals surface area (Å²) in [4.78, 5) is 0. The largest absolute Gasteiger partial charge is 0.383 e. The van der Waals surface area contributed by atoms with Crippen molar-refractivity contribution in [2.75, 3.05) is 13.1 Å². The van der Waals surface area contributed by atoms with Crippen molar-refractivity contribution >= 4 is 17.3 Å². The SMILES string of the molecule is C=C(NCC1CCCCN1)c1ccccc1Cl. The Morgan fingerprint density at radius 2 is 2.24 bits per heavy atom. The predicted octanol–water partition coefficient (Wildman–Crippen LogP) is 3.04. The molecule has 92 valence electrons. The van der Waals surface area contributed by atoms with Gasteiger partial charge >= 0.3 is 0 Å². The van der Waals surface area contributed by atoms with E-state index in [0.29, 0.717) is 6.04 Å². The molecule has 1 unspecified atom stereocenters. The highest BCUT2D eigenvalue weighted by Crippen LogP contribution is 2.20. The van der Waals surface area contributed by atoms with Crippen LogP contribution in [0.1, 0.15) is 24.8 Å². The van der Waals surface area contributed by atoms with Crippen molar-refractivity contribution in [1.29, 1.82) is 0 Å². The molecule has 0 radical (unpaired) electrons. The van der Waals surface area contributed by atoms with Crippen LogP contribution < -0.4 is 10.6 Å². The molecule has 1 aromatic carbocycles. The molecule has 2 N–H and O–H groups in total. The Balaban J connectivity index is 1.87. The van der Waals surface area contributed by atoms with Crippen LogP contribution in [0, 0.1) is 0 Å². The molecule has 1 aromatic rings. The van der Waals surface area contributed by atoms with Crippen molar-refractivity contribution in [3.8, 4) is 0 Å². The van der Waals surface area contributed by atoms with Crippen LogP contribution in [-0.2, 0) is 0 Å². The minimum atomic E-state index is 0.558. The summed E-state index contributed by atoms with van der Waals surface area (Å²) >= 11 is 6.12. The molecule has 17 heavy (non-hydrogen) atoms. The third-order valence-corrected chi connectivity index (χ3v) is 3.50. The van der Waals surface area contributed by atoms with Gasteiger partial charge in [0.05, 0.1) is 0 Å². The van der Waals surface area contributed by atoms with Gasteiger partial charge in [-0.15, -0.1) is 0 Å². The van der Waals surface area contributed by atoms with E-state index in [2.05, 4.69) is 17.2 Å². The Hall–Kier alpha value is -0.990. The molecule has 1 fully saturated rings. The summed E-state index contributed by atoms with van der Waals surface area (Å²) in [6.07, 6.45) is 3.85. The maximum Gasteiger partial charge on any atom is 0.0498 e. The lowest BCUT2D eigenvalue weighted by atomic mass is 10.0. The first-order valence-electron chi connectivity index (χ1n) is 6.18. The molecule has 1 aliphatic heterocycles. The summed E-state index contributed by atoms with van der Waals surface area (Å²) in [6.45, 7) is 6.10. The number of piperidine rings is 1. The van der Waals surface area contributed by atoms with Crippen LogP contribution in [0.4, 0.5) is 0 Å². The number of halogens is 1. The maximum absolute atomic E-state index is 6.12. The molecule has 0 spiro atoms. The Kier molecular flexibility index (Phi) is 4.46. The molecule has 3 heteroatoms. The second-order valence-corrected chi connectivity index (χ2v) is 4.89. The lowest BCUT2D eigenvalue weighted by Crippen LogP contribution is -2.41. The molecule has 0 saturated carbocycles. The zero-order valence-electron chi connectivity index (χ0n) is 10.0. The minimum absolute atomic E-state index is 0.558. The Bertz CT molecular complexity index is 384. The van der Waals surface area contributed by atoms with E-state index in [9.17, 15) is 0 Å². The van der Waals surface area contributed by atoms with Gasteiger partial charge in [0.1, 0.15) is 0 Å². The fourth-order valence-corrected chi connectivity index (χ4v) is 2.40. The van der Waals surface area contributed by atoms with Gasteiger partial charge in [-0.25, -0.2) is 0 Å². The van der Waals surface area contributed by atoms with Crippen LogP contribution in [-0.4, -0.2) is 19.1 Å². The number of rotatable bonds is 4. The van der Waals surface area contributed by atoms with Crippen LogP contribution in [0.5, 0.6) is 0 Å². The molecule has 0 bridgehead atoms. The maximum atomic E-state index is 6.12. The van der Waals surface area contributed by atoms with Crippen molar-refractivity contribution in [3.05, 3.63) is 41.4 Å². The molecule has 0 aliphatic carbocycles. The monoisotopic (exact) mass is 250 g/mol. The highest BCUT2D eigenvalue weighted by molar-refractivity contribution is 6.32. The molecule has 0 amide bonds. The average molecular weight is 251 g/mol. The van der Waals surface area contributed by atoms with Crippen molar-refractivity contribution < 1.29 is 0 Å². The first-order valence-corrected chi connectivity index (χ1v) is 6.56. The van der Waals surface area contributed by atoms with Crippen LogP contribution in [0.3, 0.4) is 0 Å². The van der Waals surface area contributed by atoms with Gasteiger partial charge in [0.25, 0.3) is 0 Å². The molecule has 1 saturated heterocycles. The summed E-state index contributed by atoms with van der Waals surface area (Å²) in [5.74, 6) is 0. The minimum Gasteiger partial charge on any atom is -0.383 e. The number of hydrogen-bond acceptors (Lipinski definition) is 2. The van der Waals surface area contributed by atoms with Gasteiger partial charge in [-0.2, -0.15) is 0 Å². The van der Waals surface area contributed by atoms with Crippen LogP contribution in [0.25, 0.3) is 5.70 Å². The topological polar surface area (TPSA) is 24.1 Å². The van der Waals surface area contributed by atoms with Crippen molar-refractivity contribution in [2.45, 2.75) is 25.3 Å². The highest BCUT2D eigenvalue weighted by atomic mass is 35.5. The first-order chi connectivity index (χ1) is 8.27. The summed E-state index contributed by atoms with van der Waals surface area (Å²) in [5.41, 5.74) is 1.90. The van der Waals surface area contributed by atoms with Crippen molar-refractivity contribution in [3.63, 3.8) is 0 Å². The quantitative estimate of drug-likeness (QED) is 0.858. The van der Waals surface area contributed by atoms with Gasteiger partial charge in [-0.05, 0) is 25.5 Å². The van der Waals surface area contributed by atoms with Gasteiger partial charge in [-0.3, -0.25) is 0 Å². The van der Waals surface area contributed by atoms with Gasteiger partial charge in [0.2, 0.25) is 0 Å². The highest BCUT2D eigenvalue weighted by Gasteiger charge is 2.12. The van der Waals surface area contributed by atoms with E-state index in [1.807, 2.05) is 24.3 Å². The van der Waals surface area contributed by atoms with E-state index in [1.54, 1.807) is 0 Å². The van der Waals surface area contributed by atoms with Crippen LogP contribution in [0.2, 0.25) is 5.02 Å². The van der Waals surface area contributed by atoms with Gasteiger partial charge < -0.3 is 10.6 Å². The fraction of sp³-hybridized carbons (Fsp3) is 0.429. The Labute approximate surface area is 108 Å². The van der Waals surface area contributed by atoms with E-state index in [1.165, 1.54) is 19.3 Å². The third kappa shape index (κ3) is 3.48. The molecular formula is C14H19ClN2. The predicted molar refractivity (Wildman–Crippen MR) is 74.1 cm³/mol. The molecule has 1 heterocycles. The lowest BCUT2D eigenvalue weighted by Gasteiger charge is -2.24. The second kappa shape index (κ2) is 6.08. The Morgan fingerprint density at radius 1 is 1.41 bits per heavy atom. The number of nitrogens with one attached hydrogen (secondary N) is 2. The molecular weight excluding hydrogens is 232 g/mol. The summed E-state index contributed by atoms with van der Waals surface area (Å²) < 4.78 is 0. The molecule has 1 aliphatic rings. The molecule has 2 rings (SSSR count). The standard InChI is InChI=1S/C14H19ClN2/c1-11(13-7-2-3-8-14(13)15)17-10-12-6-4-5-9-16-12/h2-3,7-8,12,16-17H,1,4-6,9-10H2. The van der Waals surface area contributed by atoms with Gasteiger partial charge in [-0.1, -0.05) is 42.8 Å². The van der Waals surface area contributed by atoms with Gasteiger partial charge in [0.15, 0.2) is 0 Å². The molecule has 2 nitrogen and oxygen atoms in total. The zero-order chi connectivity index (χ0) is 12.1. The number of hydrogen-bond donors (Lipinski definition) is 2. The van der Waals surface area contributed by atoms with E-state index in [4.69, 9.17) is 11.6 Å². The third-order valence-electron chi connectivity index (χ3n) is 3.17. The summed E-state index contributed by atoms with van der Waals surface area (Å²) in [5, 5.41) is 7.62. The van der Waals surface area contributed by atoms with E-state index in [-0.39, 0.29) is 0 Å². The molecule has 0 aromatic heterocycles. The van der Waals surface area contributed by atoms with E-state index < -0.39 is 0 Å². The average Bonchev–Trinajstić information content (AvgIpc) is 2.38. The summed E-state index contributed by atoms with van der Waals surface area (Å²) in [7, 11) is 0. The van der Waals surface area contributed by atoms with Crippen LogP contribution in [0.15, 0.2) is 30.8 Å². The van der Waals surface area contributed by atoms with E-state index >= 15 is 0 Å². The molecule has 1 atom stereocenters. The number of benzene rings is 1. The fourth-order valence-electron chi connectivity index (χ4n) is 2.15. The van der Waals surface area contributed by atoms with Crippen LogP contribution >= 0.6 is 11.6 Å². The van der Waals surface area contributed by atoms with E-state index in [0.717, 1.165) is 29.4 Å². The van der Waals surface area contributed by atoms with Gasteiger partial charge in [0, 0.05) is 28.9 Å². The normalized spacial score (nSPS) is 19.9. The zero-order valence-corrected chi connectivity index (χ0v) is 10.8. The van der Waals surface area contributed by atoms with Crippen molar-refractivity contribution in [1.82, 2.24) is 10.6 Å². The lowest BCUT2D eigenvalue weighted by molar-refractivity contribution is 0.397. The second-order valence-electron chi connectivity index (χ2n) is 4.49. The Morgan fingerprint density at radius 3 is 2.94 bits per heavy atom. The first kappa shape index (κ1) is 12.5. The van der Waals surface area contributed by atoms with Crippen molar-refractivity contribution in [2.24, 2.45) is 0 Å².